The van der Waals surface area contributed by atoms with E-state index in [9.17, 15) is 24.3 Å². The predicted octanol–water partition coefficient (Wildman–Crippen LogP) is 5.44. The summed E-state index contributed by atoms with van der Waals surface area (Å²) in [7, 11) is 0. The molecule has 0 aliphatic heterocycles. The van der Waals surface area contributed by atoms with Crippen LogP contribution in [0.2, 0.25) is 0 Å². The van der Waals surface area contributed by atoms with Crippen LogP contribution in [0.4, 0.5) is 0 Å². The van der Waals surface area contributed by atoms with E-state index in [-0.39, 0.29) is 41.1 Å². The second-order valence-electron chi connectivity index (χ2n) is 12.0. The Morgan fingerprint density at radius 3 is 1.52 bits per heavy atom. The Labute approximate surface area is 239 Å². The second kappa shape index (κ2) is 15.2. The van der Waals surface area contributed by atoms with Crippen molar-refractivity contribution in [2.45, 2.75) is 94.2 Å². The zero-order chi connectivity index (χ0) is 31.1. The van der Waals surface area contributed by atoms with Gasteiger partial charge in [-0.1, -0.05) is 75.3 Å². The number of ether oxygens (including phenoxy) is 3. The normalized spacial score (nSPS) is 17.0. The summed E-state index contributed by atoms with van der Waals surface area (Å²) in [6.45, 7) is 20.1. The first-order valence-corrected chi connectivity index (χ1v) is 14.2. The molecule has 0 saturated carbocycles. The molecule has 226 valence electrons. The minimum absolute atomic E-state index is 0.000356. The minimum atomic E-state index is -1.36. The fourth-order valence-electron chi connectivity index (χ4n) is 3.80. The van der Waals surface area contributed by atoms with Crippen molar-refractivity contribution in [2.75, 3.05) is 0 Å². The maximum absolute atomic E-state index is 12.9. The second-order valence-corrected chi connectivity index (χ2v) is 12.0. The molecule has 1 aromatic carbocycles. The Hall–Kier alpha value is -2.94. The Kier molecular flexibility index (Phi) is 13.3. The average Bonchev–Trinajstić information content (AvgIpc) is 2.87. The smallest absolute Gasteiger partial charge is 0.321 e. The molecule has 0 saturated heterocycles. The molecule has 0 bridgehead atoms. The number of benzene rings is 1. The molecule has 0 radical (unpaired) electrons. The van der Waals surface area contributed by atoms with Crippen molar-refractivity contribution in [2.24, 2.45) is 47.2 Å². The predicted molar refractivity (Wildman–Crippen MR) is 153 cm³/mol. The first-order chi connectivity index (χ1) is 18.4. The van der Waals surface area contributed by atoms with Crippen molar-refractivity contribution >= 4 is 23.9 Å². The van der Waals surface area contributed by atoms with E-state index in [4.69, 9.17) is 19.9 Å². The molecule has 0 aliphatic carbocycles. The van der Waals surface area contributed by atoms with Crippen molar-refractivity contribution in [3.8, 4) is 11.5 Å². The fourth-order valence-corrected chi connectivity index (χ4v) is 3.80. The standard InChI is InChI=1S/C31H49NO8/c1-15(2)18(7)29(35)38-22(11)21(10)26(27(32)28(33)34)23-12-13-24(39-30(36)19(8)16(3)4)25(14-23)40-31(37)20(9)17(5)6/h12-22,26-27H,32H2,1-11H3,(H,33,34)/t18?,19?,20?,21?,22?,26?,27-/m0/s1. The molecule has 0 aromatic heterocycles. The number of hydrogen-bond donors (Lipinski definition) is 2. The number of carboxylic acid groups (broad SMARTS) is 1. The third-order valence-corrected chi connectivity index (χ3v) is 8.17. The molecule has 0 fully saturated rings. The van der Waals surface area contributed by atoms with Crippen LogP contribution in [-0.4, -0.2) is 41.1 Å². The zero-order valence-electron chi connectivity index (χ0n) is 25.9. The summed E-state index contributed by atoms with van der Waals surface area (Å²) in [5, 5.41) is 9.83. The molecular formula is C31H49NO8. The number of esters is 3. The molecule has 7 atom stereocenters. The van der Waals surface area contributed by atoms with Gasteiger partial charge in [0, 0.05) is 11.8 Å². The summed E-state index contributed by atoms with van der Waals surface area (Å²) in [6.07, 6.45) is -0.666. The summed E-state index contributed by atoms with van der Waals surface area (Å²) in [4.78, 5) is 50.3. The Balaban J connectivity index is 3.56. The van der Waals surface area contributed by atoms with Crippen LogP contribution in [0, 0.1) is 41.4 Å². The monoisotopic (exact) mass is 563 g/mol. The molecule has 0 spiro atoms. The number of carbonyl (C=O) groups is 4. The van der Waals surface area contributed by atoms with Gasteiger partial charge in [-0.25, -0.2) is 0 Å². The SMILES string of the molecule is CC(C)C(C)C(=O)Oc1ccc(C(C(C)C(C)OC(=O)C(C)C(C)C)[C@H](N)C(=O)O)cc1OC(=O)C(C)C(C)C. The van der Waals surface area contributed by atoms with Crippen LogP contribution in [0.15, 0.2) is 18.2 Å². The van der Waals surface area contributed by atoms with Gasteiger partial charge in [0.25, 0.3) is 0 Å². The highest BCUT2D eigenvalue weighted by Crippen LogP contribution is 2.38. The van der Waals surface area contributed by atoms with Gasteiger partial charge in [-0.05, 0) is 42.4 Å². The van der Waals surface area contributed by atoms with Gasteiger partial charge in [0.05, 0.1) is 17.8 Å². The van der Waals surface area contributed by atoms with Crippen molar-refractivity contribution < 1.29 is 38.5 Å². The largest absolute Gasteiger partial charge is 0.480 e. The quantitative estimate of drug-likeness (QED) is 0.223. The highest BCUT2D eigenvalue weighted by atomic mass is 16.6. The van der Waals surface area contributed by atoms with Gasteiger partial charge in [0.1, 0.15) is 12.1 Å². The van der Waals surface area contributed by atoms with Crippen molar-refractivity contribution in [1.82, 2.24) is 0 Å². The molecular weight excluding hydrogens is 514 g/mol. The van der Waals surface area contributed by atoms with Crippen LogP contribution in [0.1, 0.15) is 87.6 Å². The number of carbonyl (C=O) groups excluding carboxylic acids is 3. The molecule has 9 nitrogen and oxygen atoms in total. The highest BCUT2D eigenvalue weighted by Gasteiger charge is 2.36. The van der Waals surface area contributed by atoms with Crippen LogP contribution < -0.4 is 15.2 Å². The van der Waals surface area contributed by atoms with Gasteiger partial charge in [-0.15, -0.1) is 0 Å². The molecule has 1 aromatic rings. The van der Waals surface area contributed by atoms with Gasteiger partial charge >= 0.3 is 23.9 Å². The van der Waals surface area contributed by atoms with Crippen LogP contribution in [0.25, 0.3) is 0 Å². The first kappa shape index (κ1) is 35.1. The van der Waals surface area contributed by atoms with E-state index >= 15 is 0 Å². The number of aliphatic carboxylic acids is 1. The van der Waals surface area contributed by atoms with Crippen molar-refractivity contribution in [1.29, 1.82) is 0 Å². The van der Waals surface area contributed by atoms with E-state index in [1.807, 2.05) is 41.5 Å². The third kappa shape index (κ3) is 9.32. The lowest BCUT2D eigenvalue weighted by atomic mass is 9.79. The molecule has 0 aliphatic rings. The van der Waals surface area contributed by atoms with E-state index in [0.717, 1.165) is 0 Å². The van der Waals surface area contributed by atoms with E-state index in [1.54, 1.807) is 40.7 Å². The van der Waals surface area contributed by atoms with Gasteiger partial charge < -0.3 is 25.1 Å². The molecule has 1 rings (SSSR count). The van der Waals surface area contributed by atoms with E-state index < -0.39 is 53.7 Å². The van der Waals surface area contributed by atoms with E-state index in [2.05, 4.69) is 0 Å². The lowest BCUT2D eigenvalue weighted by Gasteiger charge is -2.32. The van der Waals surface area contributed by atoms with Crippen LogP contribution in [0.3, 0.4) is 0 Å². The Bertz CT molecular complexity index is 1030. The van der Waals surface area contributed by atoms with Gasteiger partial charge in [-0.3, -0.25) is 19.2 Å². The number of hydrogen-bond acceptors (Lipinski definition) is 8. The summed E-state index contributed by atoms with van der Waals surface area (Å²) < 4.78 is 17.0. The molecule has 0 heterocycles. The highest BCUT2D eigenvalue weighted by molar-refractivity contribution is 5.79. The fraction of sp³-hybridized carbons (Fsp3) is 0.677. The van der Waals surface area contributed by atoms with Gasteiger partial charge in [-0.2, -0.15) is 0 Å². The summed E-state index contributed by atoms with van der Waals surface area (Å²) in [6, 6.07) is 3.21. The zero-order valence-corrected chi connectivity index (χ0v) is 25.9. The van der Waals surface area contributed by atoms with E-state index in [1.165, 1.54) is 12.1 Å². The van der Waals surface area contributed by atoms with Crippen LogP contribution >= 0.6 is 0 Å². The third-order valence-electron chi connectivity index (χ3n) is 8.17. The number of nitrogens with two attached hydrogens (primary N) is 1. The first-order valence-electron chi connectivity index (χ1n) is 14.2. The van der Waals surface area contributed by atoms with Crippen LogP contribution in [0.5, 0.6) is 11.5 Å². The molecule has 0 amide bonds. The topological polar surface area (TPSA) is 142 Å². The maximum Gasteiger partial charge on any atom is 0.321 e. The summed E-state index contributed by atoms with van der Waals surface area (Å²) >= 11 is 0. The molecule has 6 unspecified atom stereocenters. The molecule has 3 N–H and O–H groups in total. The van der Waals surface area contributed by atoms with Crippen molar-refractivity contribution in [3.05, 3.63) is 23.8 Å². The number of rotatable bonds is 14. The van der Waals surface area contributed by atoms with Gasteiger partial charge in [0.15, 0.2) is 11.5 Å². The minimum Gasteiger partial charge on any atom is -0.480 e. The maximum atomic E-state index is 12.9. The molecule has 9 heteroatoms. The molecule has 40 heavy (non-hydrogen) atoms. The Morgan fingerprint density at radius 2 is 1.10 bits per heavy atom. The van der Waals surface area contributed by atoms with Crippen LogP contribution in [-0.2, 0) is 23.9 Å². The lowest BCUT2D eigenvalue weighted by molar-refractivity contribution is -0.157. The summed E-state index contributed by atoms with van der Waals surface area (Å²) in [5.41, 5.74) is 6.61. The van der Waals surface area contributed by atoms with Gasteiger partial charge in [0.2, 0.25) is 0 Å². The lowest BCUT2D eigenvalue weighted by Crippen LogP contribution is -2.43. The number of carboxylic acids is 1. The summed E-state index contributed by atoms with van der Waals surface area (Å²) in [5.74, 6) is -5.01. The van der Waals surface area contributed by atoms with E-state index in [0.29, 0.717) is 5.56 Å². The average molecular weight is 564 g/mol. The van der Waals surface area contributed by atoms with Crippen molar-refractivity contribution in [3.63, 3.8) is 0 Å². The Morgan fingerprint density at radius 1 is 0.675 bits per heavy atom.